The molecule has 0 amide bonds. The average molecular weight is 276 g/mol. The third-order valence-corrected chi connectivity index (χ3v) is 3.83. The standard InChI is InChI=1S/C14H20N4S/c1-4-13-16-14(19-17-13)18(10(2)3)9-11-7-5-6-8-12(11)15/h5-8,10H,4,9,15H2,1-3H3. The summed E-state index contributed by atoms with van der Waals surface area (Å²) in [5.74, 6) is 0.909. The topological polar surface area (TPSA) is 55.0 Å². The molecule has 4 nitrogen and oxygen atoms in total. The Morgan fingerprint density at radius 3 is 2.63 bits per heavy atom. The van der Waals surface area contributed by atoms with Gasteiger partial charge in [0.15, 0.2) is 0 Å². The molecular weight excluding hydrogens is 256 g/mol. The van der Waals surface area contributed by atoms with Crippen LogP contribution in [-0.2, 0) is 13.0 Å². The number of aromatic nitrogens is 2. The lowest BCUT2D eigenvalue weighted by Gasteiger charge is -2.26. The lowest BCUT2D eigenvalue weighted by Crippen LogP contribution is -2.30. The number of anilines is 2. The second-order valence-corrected chi connectivity index (χ2v) is 5.50. The Bertz CT molecular complexity index is 536. The number of hydrogen-bond acceptors (Lipinski definition) is 5. The zero-order valence-electron chi connectivity index (χ0n) is 11.6. The molecule has 0 bridgehead atoms. The summed E-state index contributed by atoms with van der Waals surface area (Å²) in [7, 11) is 0. The minimum atomic E-state index is 0.359. The molecule has 0 aliphatic heterocycles. The molecule has 0 saturated heterocycles. The first-order valence-corrected chi connectivity index (χ1v) is 7.31. The summed E-state index contributed by atoms with van der Waals surface area (Å²) >= 11 is 1.46. The lowest BCUT2D eigenvalue weighted by atomic mass is 10.1. The summed E-state index contributed by atoms with van der Waals surface area (Å²) in [6.45, 7) is 7.15. The molecule has 2 rings (SSSR count). The fraction of sp³-hybridized carbons (Fsp3) is 0.429. The van der Waals surface area contributed by atoms with Gasteiger partial charge in [0, 0.05) is 36.2 Å². The first-order valence-electron chi connectivity index (χ1n) is 6.54. The van der Waals surface area contributed by atoms with Crippen molar-refractivity contribution in [2.75, 3.05) is 10.6 Å². The molecule has 0 spiro atoms. The SMILES string of the molecule is CCc1nsc(N(Cc2ccccc2N)C(C)C)n1. The van der Waals surface area contributed by atoms with Crippen LogP contribution in [0.25, 0.3) is 0 Å². The van der Waals surface area contributed by atoms with Gasteiger partial charge in [0.05, 0.1) is 0 Å². The molecule has 0 fully saturated rings. The van der Waals surface area contributed by atoms with Gasteiger partial charge >= 0.3 is 0 Å². The third kappa shape index (κ3) is 3.23. The first-order chi connectivity index (χ1) is 9.11. The van der Waals surface area contributed by atoms with E-state index in [2.05, 4.69) is 41.1 Å². The van der Waals surface area contributed by atoms with E-state index < -0.39 is 0 Å². The molecule has 0 saturated carbocycles. The number of rotatable bonds is 5. The van der Waals surface area contributed by atoms with Crippen LogP contribution in [0.3, 0.4) is 0 Å². The summed E-state index contributed by atoms with van der Waals surface area (Å²) < 4.78 is 4.36. The van der Waals surface area contributed by atoms with E-state index in [0.29, 0.717) is 6.04 Å². The van der Waals surface area contributed by atoms with Crippen LogP contribution in [0.4, 0.5) is 10.8 Å². The minimum absolute atomic E-state index is 0.359. The molecule has 1 aromatic carbocycles. The lowest BCUT2D eigenvalue weighted by molar-refractivity contribution is 0.679. The molecular formula is C14H20N4S. The molecule has 0 radical (unpaired) electrons. The van der Waals surface area contributed by atoms with Crippen LogP contribution < -0.4 is 10.6 Å². The molecule has 1 heterocycles. The van der Waals surface area contributed by atoms with Gasteiger partial charge in [-0.05, 0) is 25.5 Å². The Hall–Kier alpha value is -1.62. The highest BCUT2D eigenvalue weighted by molar-refractivity contribution is 7.09. The quantitative estimate of drug-likeness (QED) is 0.853. The van der Waals surface area contributed by atoms with Crippen molar-refractivity contribution in [2.24, 2.45) is 0 Å². The summed E-state index contributed by atoms with van der Waals surface area (Å²) in [6, 6.07) is 8.33. The number of para-hydroxylation sites is 1. The highest BCUT2D eigenvalue weighted by Crippen LogP contribution is 2.24. The zero-order valence-corrected chi connectivity index (χ0v) is 12.4. The van der Waals surface area contributed by atoms with Crippen LogP contribution in [0.2, 0.25) is 0 Å². The van der Waals surface area contributed by atoms with Gasteiger partial charge in [-0.3, -0.25) is 0 Å². The van der Waals surface area contributed by atoms with Crippen molar-refractivity contribution in [3.8, 4) is 0 Å². The van der Waals surface area contributed by atoms with Crippen LogP contribution in [0.1, 0.15) is 32.2 Å². The fourth-order valence-electron chi connectivity index (χ4n) is 1.84. The predicted octanol–water partition coefficient (Wildman–Crippen LogP) is 3.10. The molecule has 0 unspecified atom stereocenters. The van der Waals surface area contributed by atoms with E-state index in [1.807, 2.05) is 18.2 Å². The summed E-state index contributed by atoms with van der Waals surface area (Å²) in [5, 5.41) is 0.968. The minimum Gasteiger partial charge on any atom is -0.398 e. The van der Waals surface area contributed by atoms with Gasteiger partial charge in [0.2, 0.25) is 5.13 Å². The van der Waals surface area contributed by atoms with Crippen molar-refractivity contribution in [3.05, 3.63) is 35.7 Å². The normalized spacial score (nSPS) is 10.9. The van der Waals surface area contributed by atoms with Crippen molar-refractivity contribution < 1.29 is 0 Å². The molecule has 0 aliphatic rings. The number of benzene rings is 1. The zero-order chi connectivity index (χ0) is 13.8. The van der Waals surface area contributed by atoms with Crippen LogP contribution in [-0.4, -0.2) is 15.4 Å². The van der Waals surface area contributed by atoms with Crippen LogP contribution in [0, 0.1) is 0 Å². The van der Waals surface area contributed by atoms with Crippen LogP contribution in [0.15, 0.2) is 24.3 Å². The molecule has 0 aliphatic carbocycles. The van der Waals surface area contributed by atoms with Gasteiger partial charge in [0.25, 0.3) is 0 Å². The van der Waals surface area contributed by atoms with Gasteiger partial charge in [-0.15, -0.1) is 0 Å². The maximum absolute atomic E-state index is 6.02. The summed E-state index contributed by atoms with van der Waals surface area (Å²) in [5.41, 5.74) is 7.98. The smallest absolute Gasteiger partial charge is 0.205 e. The Kier molecular flexibility index (Phi) is 4.37. The van der Waals surface area contributed by atoms with E-state index >= 15 is 0 Å². The summed E-state index contributed by atoms with van der Waals surface area (Å²) in [4.78, 5) is 6.81. The van der Waals surface area contributed by atoms with Crippen LogP contribution >= 0.6 is 11.5 Å². The Balaban J connectivity index is 2.24. The second-order valence-electron chi connectivity index (χ2n) is 4.77. The largest absolute Gasteiger partial charge is 0.398 e. The Morgan fingerprint density at radius 2 is 2.05 bits per heavy atom. The molecule has 0 atom stereocenters. The highest BCUT2D eigenvalue weighted by Gasteiger charge is 2.16. The van der Waals surface area contributed by atoms with Gasteiger partial charge in [-0.1, -0.05) is 25.1 Å². The third-order valence-electron chi connectivity index (χ3n) is 3.04. The number of nitrogen functional groups attached to an aromatic ring is 1. The molecule has 2 aromatic rings. The van der Waals surface area contributed by atoms with E-state index in [1.165, 1.54) is 11.5 Å². The van der Waals surface area contributed by atoms with E-state index in [0.717, 1.165) is 35.2 Å². The van der Waals surface area contributed by atoms with Crippen molar-refractivity contribution >= 4 is 22.4 Å². The van der Waals surface area contributed by atoms with Gasteiger partial charge < -0.3 is 10.6 Å². The fourth-order valence-corrected chi connectivity index (χ4v) is 2.72. The van der Waals surface area contributed by atoms with Gasteiger partial charge in [-0.25, -0.2) is 4.98 Å². The van der Waals surface area contributed by atoms with Crippen LogP contribution in [0.5, 0.6) is 0 Å². The monoisotopic (exact) mass is 276 g/mol. The highest BCUT2D eigenvalue weighted by atomic mass is 32.1. The second kappa shape index (κ2) is 6.02. The van der Waals surface area contributed by atoms with E-state index in [-0.39, 0.29) is 0 Å². The molecule has 1 aromatic heterocycles. The first kappa shape index (κ1) is 13.8. The number of nitrogens with two attached hydrogens (primary N) is 1. The Morgan fingerprint density at radius 1 is 1.32 bits per heavy atom. The summed E-state index contributed by atoms with van der Waals surface area (Å²) in [6.07, 6.45) is 0.871. The van der Waals surface area contributed by atoms with E-state index in [9.17, 15) is 0 Å². The van der Waals surface area contributed by atoms with E-state index in [4.69, 9.17) is 5.73 Å². The maximum Gasteiger partial charge on any atom is 0.205 e. The van der Waals surface area contributed by atoms with E-state index in [1.54, 1.807) is 0 Å². The number of nitrogens with zero attached hydrogens (tertiary/aromatic N) is 3. The average Bonchev–Trinajstić information content (AvgIpc) is 2.86. The number of aryl methyl sites for hydroxylation is 1. The van der Waals surface area contributed by atoms with Crippen molar-refractivity contribution in [1.82, 2.24) is 9.36 Å². The maximum atomic E-state index is 6.02. The molecule has 2 N–H and O–H groups in total. The van der Waals surface area contributed by atoms with Crippen molar-refractivity contribution in [3.63, 3.8) is 0 Å². The molecule has 5 heteroatoms. The van der Waals surface area contributed by atoms with Gasteiger partial charge in [0.1, 0.15) is 5.82 Å². The van der Waals surface area contributed by atoms with Crippen molar-refractivity contribution in [2.45, 2.75) is 39.8 Å². The number of hydrogen-bond donors (Lipinski definition) is 1. The van der Waals surface area contributed by atoms with Crippen molar-refractivity contribution in [1.29, 1.82) is 0 Å². The predicted molar refractivity (Wildman–Crippen MR) is 81.5 cm³/mol. The molecule has 102 valence electrons. The Labute approximate surface area is 118 Å². The molecule has 19 heavy (non-hydrogen) atoms. The van der Waals surface area contributed by atoms with Gasteiger partial charge in [-0.2, -0.15) is 4.37 Å².